The van der Waals surface area contributed by atoms with Gasteiger partial charge in [-0.2, -0.15) is 5.10 Å². The highest BCUT2D eigenvalue weighted by atomic mass is 15.3. The summed E-state index contributed by atoms with van der Waals surface area (Å²) in [7, 11) is 0. The molecule has 3 rings (SSSR count). The molecule has 4 nitrogen and oxygen atoms in total. The van der Waals surface area contributed by atoms with Crippen molar-refractivity contribution < 1.29 is 0 Å². The summed E-state index contributed by atoms with van der Waals surface area (Å²) in [5, 5.41) is 8.92. The Morgan fingerprint density at radius 2 is 1.80 bits per heavy atom. The van der Waals surface area contributed by atoms with Crippen LogP contribution in [0.1, 0.15) is 20.8 Å². The Labute approximate surface area is 118 Å². The van der Waals surface area contributed by atoms with Crippen molar-refractivity contribution in [2.45, 2.75) is 26.3 Å². The molecule has 0 radical (unpaired) electrons. The number of para-hydroxylation sites is 1. The number of pyridine rings is 1. The Kier molecular flexibility index (Phi) is 2.93. The van der Waals surface area contributed by atoms with Crippen LogP contribution in [0.2, 0.25) is 0 Å². The normalized spacial score (nSPS) is 11.8. The van der Waals surface area contributed by atoms with Gasteiger partial charge in [0.1, 0.15) is 5.82 Å². The van der Waals surface area contributed by atoms with Crippen molar-refractivity contribution in [3.05, 3.63) is 48.7 Å². The van der Waals surface area contributed by atoms with Crippen LogP contribution in [0, 0.1) is 0 Å². The predicted octanol–water partition coefficient (Wildman–Crippen LogP) is 3.63. The molecule has 0 aliphatic rings. The smallest absolute Gasteiger partial charge is 0.156 e. The molecule has 2 heterocycles. The third kappa shape index (κ3) is 2.50. The van der Waals surface area contributed by atoms with E-state index < -0.39 is 0 Å². The maximum Gasteiger partial charge on any atom is 0.156 e. The van der Waals surface area contributed by atoms with Crippen LogP contribution in [0.25, 0.3) is 16.7 Å². The van der Waals surface area contributed by atoms with Gasteiger partial charge in [0.15, 0.2) is 5.82 Å². The lowest BCUT2D eigenvalue weighted by Crippen LogP contribution is -2.26. The van der Waals surface area contributed by atoms with Crippen LogP contribution in [0.15, 0.2) is 48.7 Å². The average molecular weight is 266 g/mol. The fourth-order valence-electron chi connectivity index (χ4n) is 2.15. The van der Waals surface area contributed by atoms with Gasteiger partial charge >= 0.3 is 0 Å². The SMILES string of the molecule is CC(C)(C)Nc1cccc(-n2ncc3ccccc32)n1. The highest BCUT2D eigenvalue weighted by molar-refractivity contribution is 5.79. The third-order valence-electron chi connectivity index (χ3n) is 2.93. The number of nitrogens with zero attached hydrogens (tertiary/aromatic N) is 3. The van der Waals surface area contributed by atoms with E-state index in [1.165, 1.54) is 0 Å². The van der Waals surface area contributed by atoms with E-state index >= 15 is 0 Å². The zero-order chi connectivity index (χ0) is 14.2. The van der Waals surface area contributed by atoms with Gasteiger partial charge in [0.05, 0.1) is 11.7 Å². The van der Waals surface area contributed by atoms with E-state index in [0.29, 0.717) is 0 Å². The highest BCUT2D eigenvalue weighted by Crippen LogP contribution is 2.19. The van der Waals surface area contributed by atoms with E-state index in [-0.39, 0.29) is 5.54 Å². The average Bonchev–Trinajstić information content (AvgIpc) is 2.81. The number of rotatable bonds is 2. The van der Waals surface area contributed by atoms with E-state index in [4.69, 9.17) is 0 Å². The van der Waals surface area contributed by atoms with E-state index in [0.717, 1.165) is 22.5 Å². The number of fused-ring (bicyclic) bond motifs is 1. The van der Waals surface area contributed by atoms with Gasteiger partial charge < -0.3 is 5.32 Å². The summed E-state index contributed by atoms with van der Waals surface area (Å²) in [6, 6.07) is 14.1. The van der Waals surface area contributed by atoms with Crippen molar-refractivity contribution in [2.24, 2.45) is 0 Å². The maximum atomic E-state index is 4.64. The Morgan fingerprint density at radius 1 is 1.00 bits per heavy atom. The first-order valence-electron chi connectivity index (χ1n) is 6.71. The van der Waals surface area contributed by atoms with Crippen LogP contribution >= 0.6 is 0 Å². The molecule has 1 aromatic carbocycles. The minimum atomic E-state index is -0.0161. The molecule has 0 aliphatic heterocycles. The van der Waals surface area contributed by atoms with Gasteiger partial charge in [0.25, 0.3) is 0 Å². The number of hydrogen-bond donors (Lipinski definition) is 1. The lowest BCUT2D eigenvalue weighted by Gasteiger charge is -2.21. The first-order chi connectivity index (χ1) is 9.53. The van der Waals surface area contributed by atoms with Gasteiger partial charge in [-0.25, -0.2) is 9.67 Å². The summed E-state index contributed by atoms with van der Waals surface area (Å²) >= 11 is 0. The molecular formula is C16H18N4. The molecular weight excluding hydrogens is 248 g/mol. The maximum absolute atomic E-state index is 4.64. The molecule has 0 atom stereocenters. The molecule has 1 N–H and O–H groups in total. The third-order valence-corrected chi connectivity index (χ3v) is 2.93. The molecule has 2 aromatic heterocycles. The van der Waals surface area contributed by atoms with Gasteiger partial charge in [0.2, 0.25) is 0 Å². The Bertz CT molecular complexity index is 737. The van der Waals surface area contributed by atoms with Gasteiger partial charge in [-0.3, -0.25) is 0 Å². The number of hydrogen-bond acceptors (Lipinski definition) is 3. The number of anilines is 1. The lowest BCUT2D eigenvalue weighted by atomic mass is 10.1. The van der Waals surface area contributed by atoms with Crippen LogP contribution in [-0.2, 0) is 0 Å². The quantitative estimate of drug-likeness (QED) is 0.770. The molecule has 102 valence electrons. The molecule has 20 heavy (non-hydrogen) atoms. The molecule has 4 heteroatoms. The second-order valence-electron chi connectivity index (χ2n) is 5.87. The Balaban J connectivity index is 2.04. The number of nitrogens with one attached hydrogen (secondary N) is 1. The van der Waals surface area contributed by atoms with Crippen LogP contribution < -0.4 is 5.32 Å². The van der Waals surface area contributed by atoms with E-state index in [9.17, 15) is 0 Å². The molecule has 0 amide bonds. The molecule has 0 bridgehead atoms. The summed E-state index contributed by atoms with van der Waals surface area (Å²) in [6.07, 6.45) is 1.86. The topological polar surface area (TPSA) is 42.7 Å². The molecule has 0 fully saturated rings. The molecule has 0 saturated heterocycles. The van der Waals surface area contributed by atoms with E-state index in [1.807, 2.05) is 47.3 Å². The highest BCUT2D eigenvalue weighted by Gasteiger charge is 2.11. The van der Waals surface area contributed by atoms with Crippen molar-refractivity contribution in [1.29, 1.82) is 0 Å². The van der Waals surface area contributed by atoms with Crippen LogP contribution in [0.3, 0.4) is 0 Å². The van der Waals surface area contributed by atoms with Crippen LogP contribution in [0.5, 0.6) is 0 Å². The summed E-state index contributed by atoms with van der Waals surface area (Å²) in [5.41, 5.74) is 1.05. The van der Waals surface area contributed by atoms with Gasteiger partial charge in [-0.1, -0.05) is 24.3 Å². The van der Waals surface area contributed by atoms with Crippen molar-refractivity contribution in [2.75, 3.05) is 5.32 Å². The number of aromatic nitrogens is 3. The number of benzene rings is 1. The monoisotopic (exact) mass is 266 g/mol. The van der Waals surface area contributed by atoms with Crippen molar-refractivity contribution in [3.8, 4) is 5.82 Å². The van der Waals surface area contributed by atoms with Crippen molar-refractivity contribution in [1.82, 2.24) is 14.8 Å². The van der Waals surface area contributed by atoms with Crippen molar-refractivity contribution in [3.63, 3.8) is 0 Å². The van der Waals surface area contributed by atoms with Gasteiger partial charge in [-0.15, -0.1) is 0 Å². The first-order valence-corrected chi connectivity index (χ1v) is 6.71. The second-order valence-corrected chi connectivity index (χ2v) is 5.87. The molecule has 0 unspecified atom stereocenters. The molecule has 0 aliphatic carbocycles. The fourth-order valence-corrected chi connectivity index (χ4v) is 2.15. The largest absolute Gasteiger partial charge is 0.365 e. The molecule has 0 saturated carbocycles. The first kappa shape index (κ1) is 12.7. The van der Waals surface area contributed by atoms with E-state index in [2.05, 4.69) is 42.2 Å². The van der Waals surface area contributed by atoms with Crippen LogP contribution in [0.4, 0.5) is 5.82 Å². The Morgan fingerprint density at radius 3 is 2.60 bits per heavy atom. The summed E-state index contributed by atoms with van der Waals surface area (Å²) in [4.78, 5) is 4.64. The zero-order valence-electron chi connectivity index (χ0n) is 12.0. The fraction of sp³-hybridized carbons (Fsp3) is 0.250. The van der Waals surface area contributed by atoms with Gasteiger partial charge in [0, 0.05) is 10.9 Å². The summed E-state index contributed by atoms with van der Waals surface area (Å²) in [6.45, 7) is 6.35. The van der Waals surface area contributed by atoms with E-state index in [1.54, 1.807) is 0 Å². The van der Waals surface area contributed by atoms with Gasteiger partial charge in [-0.05, 0) is 39.0 Å². The minimum absolute atomic E-state index is 0.0161. The lowest BCUT2D eigenvalue weighted by molar-refractivity contribution is 0.630. The van der Waals surface area contributed by atoms with Crippen molar-refractivity contribution >= 4 is 16.7 Å². The minimum Gasteiger partial charge on any atom is -0.365 e. The zero-order valence-corrected chi connectivity index (χ0v) is 12.0. The standard InChI is InChI=1S/C16H18N4/c1-16(2,3)19-14-9-6-10-15(18-14)20-13-8-5-4-7-12(13)11-17-20/h4-11H,1-3H3,(H,18,19). The second kappa shape index (κ2) is 4.63. The molecule has 3 aromatic rings. The summed E-state index contributed by atoms with van der Waals surface area (Å²) < 4.78 is 1.86. The van der Waals surface area contributed by atoms with Crippen LogP contribution in [-0.4, -0.2) is 20.3 Å². The molecule has 0 spiro atoms. The predicted molar refractivity (Wildman–Crippen MR) is 82.2 cm³/mol. The summed E-state index contributed by atoms with van der Waals surface area (Å²) in [5.74, 6) is 1.68. The Hall–Kier alpha value is -2.36.